The molecule has 6 rings (SSSR count). The first-order chi connectivity index (χ1) is 21.3. The van der Waals surface area contributed by atoms with Crippen LogP contribution in [0.2, 0.25) is 10.0 Å². The van der Waals surface area contributed by atoms with Gasteiger partial charge in [0, 0.05) is 58.0 Å². The Labute approximate surface area is 268 Å². The van der Waals surface area contributed by atoms with Gasteiger partial charge in [0.2, 0.25) is 11.8 Å². The van der Waals surface area contributed by atoms with Crippen molar-refractivity contribution in [3.05, 3.63) is 94.1 Å². The Morgan fingerprint density at radius 1 is 0.932 bits per heavy atom. The molecule has 2 N–H and O–H groups in total. The first kappa shape index (κ1) is 30.2. The second-order valence-electron chi connectivity index (χ2n) is 11.7. The van der Waals surface area contributed by atoms with E-state index >= 15 is 0 Å². The van der Waals surface area contributed by atoms with Crippen LogP contribution in [-0.4, -0.2) is 48.0 Å². The molecular weight excluding hydrogens is 591 g/mol. The maximum Gasteiger partial charge on any atom is 0.220 e. The molecule has 1 saturated heterocycles. The van der Waals surface area contributed by atoms with Crippen molar-refractivity contribution in [1.82, 2.24) is 20.2 Å². The number of aromatic nitrogens is 2. The van der Waals surface area contributed by atoms with Crippen molar-refractivity contribution in [3.63, 3.8) is 0 Å². The fourth-order valence-corrected chi connectivity index (χ4v) is 6.76. The Balaban J connectivity index is 1.27. The van der Waals surface area contributed by atoms with E-state index in [0.29, 0.717) is 22.3 Å². The van der Waals surface area contributed by atoms with Crippen molar-refractivity contribution in [2.75, 3.05) is 21.2 Å². The average Bonchev–Trinajstić information content (AvgIpc) is 3.61. The number of rotatable bonds is 10. The highest BCUT2D eigenvalue weighted by atomic mass is 35.5. The highest BCUT2D eigenvalue weighted by molar-refractivity contribution is 6.39. The molecule has 8 heteroatoms. The highest BCUT2D eigenvalue weighted by Gasteiger charge is 2.21. The molecule has 0 unspecified atom stereocenters. The molecule has 0 radical (unpaired) electrons. The Morgan fingerprint density at radius 2 is 1.66 bits per heavy atom. The number of carbonyl (C=O) groups is 1. The number of benzene rings is 3. The molecule has 0 bridgehead atoms. The summed E-state index contributed by atoms with van der Waals surface area (Å²) in [7, 11) is 5.77. The molecule has 1 fully saturated rings. The number of carbonyl (C=O) groups excluding carboxylic acids is 1. The molecular formula is C36H36Cl2N4O2. The standard InChI is InChI=1S/C36H36Cl2N4O2/c1-42(2)21-26-19-24-14-13-23(20-32(24)39-26)27-9-5-10-28(34(27)37)29-11-6-12-30(35(29)38)31-17-15-22(36(41-31)44-3)7-4-8-25-16-18-33(43)40-25/h5-6,9-15,17,19-20,25,39H,4,7-8,16,18,21H2,1-3H3,(H,40,43)/t25-/m1/s1. The lowest BCUT2D eigenvalue weighted by Gasteiger charge is -2.15. The number of aromatic amines is 1. The summed E-state index contributed by atoms with van der Waals surface area (Å²) in [6, 6.07) is 24.9. The molecule has 1 aliphatic rings. The van der Waals surface area contributed by atoms with Gasteiger partial charge in [-0.25, -0.2) is 4.98 Å². The summed E-state index contributed by atoms with van der Waals surface area (Å²) in [4.78, 5) is 22.0. The largest absolute Gasteiger partial charge is 0.481 e. The Hall–Kier alpha value is -3.84. The highest BCUT2D eigenvalue weighted by Crippen LogP contribution is 2.42. The monoisotopic (exact) mass is 626 g/mol. The number of amides is 1. The predicted octanol–water partition coefficient (Wildman–Crippen LogP) is 8.54. The van der Waals surface area contributed by atoms with E-state index in [0.717, 1.165) is 76.8 Å². The summed E-state index contributed by atoms with van der Waals surface area (Å²) in [5, 5.41) is 5.44. The number of methoxy groups -OCH3 is 1. The second kappa shape index (κ2) is 13.0. The Kier molecular flexibility index (Phi) is 8.94. The molecule has 3 heterocycles. The minimum atomic E-state index is 0.151. The fourth-order valence-electron chi connectivity index (χ4n) is 6.10. The number of nitrogens with one attached hydrogen (secondary N) is 2. The molecule has 0 saturated carbocycles. The number of aryl methyl sites for hydroxylation is 1. The number of halogens is 2. The Bertz CT molecular complexity index is 1830. The van der Waals surface area contributed by atoms with E-state index in [-0.39, 0.29) is 11.9 Å². The van der Waals surface area contributed by atoms with Crippen LogP contribution in [0.25, 0.3) is 44.4 Å². The van der Waals surface area contributed by atoms with Gasteiger partial charge < -0.3 is 19.9 Å². The van der Waals surface area contributed by atoms with E-state index in [9.17, 15) is 4.79 Å². The van der Waals surface area contributed by atoms with Crippen LogP contribution in [0.5, 0.6) is 5.88 Å². The number of pyridine rings is 1. The predicted molar refractivity (Wildman–Crippen MR) is 180 cm³/mol. The van der Waals surface area contributed by atoms with Gasteiger partial charge in [0.15, 0.2) is 0 Å². The molecule has 5 aromatic rings. The van der Waals surface area contributed by atoms with E-state index in [2.05, 4.69) is 59.6 Å². The minimum absolute atomic E-state index is 0.151. The normalized spacial score (nSPS) is 14.9. The quantitative estimate of drug-likeness (QED) is 0.163. The van der Waals surface area contributed by atoms with Crippen molar-refractivity contribution in [2.24, 2.45) is 0 Å². The lowest BCUT2D eigenvalue weighted by Crippen LogP contribution is -2.25. The number of hydrogen-bond donors (Lipinski definition) is 2. The number of nitrogens with zero attached hydrogens (tertiary/aromatic N) is 2. The van der Waals surface area contributed by atoms with Gasteiger partial charge in [-0.2, -0.15) is 0 Å². The van der Waals surface area contributed by atoms with Crippen LogP contribution in [0, 0.1) is 0 Å². The van der Waals surface area contributed by atoms with Crippen molar-refractivity contribution in [1.29, 1.82) is 0 Å². The van der Waals surface area contributed by atoms with E-state index in [1.165, 1.54) is 11.1 Å². The Morgan fingerprint density at radius 3 is 2.36 bits per heavy atom. The summed E-state index contributed by atoms with van der Waals surface area (Å²) in [5.41, 5.74) is 8.51. The molecule has 0 spiro atoms. The SMILES string of the molecule is COc1nc(-c2cccc(-c3cccc(-c4ccc5cc(CN(C)C)[nH]c5c4)c3Cl)c2Cl)ccc1CCC[C@@H]1CCC(=O)N1. The van der Waals surface area contributed by atoms with E-state index in [1.54, 1.807) is 7.11 Å². The van der Waals surface area contributed by atoms with Crippen LogP contribution in [0.15, 0.2) is 72.8 Å². The fraction of sp³-hybridized carbons (Fsp3) is 0.278. The minimum Gasteiger partial charge on any atom is -0.481 e. The topological polar surface area (TPSA) is 70.2 Å². The van der Waals surface area contributed by atoms with Gasteiger partial charge in [0.1, 0.15) is 0 Å². The molecule has 3 aromatic carbocycles. The van der Waals surface area contributed by atoms with Gasteiger partial charge in [-0.3, -0.25) is 4.79 Å². The zero-order valence-corrected chi connectivity index (χ0v) is 26.7. The summed E-state index contributed by atoms with van der Waals surface area (Å²) in [5.74, 6) is 0.742. The maximum atomic E-state index is 11.5. The van der Waals surface area contributed by atoms with Crippen LogP contribution in [0.1, 0.15) is 36.9 Å². The van der Waals surface area contributed by atoms with E-state index in [4.69, 9.17) is 32.9 Å². The van der Waals surface area contributed by atoms with Crippen LogP contribution in [-0.2, 0) is 17.8 Å². The smallest absolute Gasteiger partial charge is 0.220 e. The third kappa shape index (κ3) is 6.34. The van der Waals surface area contributed by atoms with Crippen molar-refractivity contribution in [3.8, 4) is 39.4 Å². The average molecular weight is 628 g/mol. The zero-order chi connectivity index (χ0) is 30.8. The summed E-state index contributed by atoms with van der Waals surface area (Å²) in [6.45, 7) is 0.847. The molecule has 1 aliphatic heterocycles. The molecule has 2 aromatic heterocycles. The van der Waals surface area contributed by atoms with Crippen molar-refractivity contribution < 1.29 is 9.53 Å². The third-order valence-corrected chi connectivity index (χ3v) is 9.07. The van der Waals surface area contributed by atoms with Gasteiger partial charge in [-0.05, 0) is 68.9 Å². The van der Waals surface area contributed by atoms with Crippen LogP contribution < -0.4 is 10.1 Å². The molecule has 0 aliphatic carbocycles. The van der Waals surface area contributed by atoms with Crippen molar-refractivity contribution in [2.45, 2.75) is 44.7 Å². The zero-order valence-electron chi connectivity index (χ0n) is 25.2. The summed E-state index contributed by atoms with van der Waals surface area (Å²) >= 11 is 14.2. The number of ether oxygens (including phenoxy) is 1. The molecule has 1 amide bonds. The third-order valence-electron chi connectivity index (χ3n) is 8.26. The van der Waals surface area contributed by atoms with Crippen LogP contribution >= 0.6 is 23.2 Å². The number of fused-ring (bicyclic) bond motifs is 1. The molecule has 44 heavy (non-hydrogen) atoms. The second-order valence-corrected chi connectivity index (χ2v) is 12.5. The number of hydrogen-bond acceptors (Lipinski definition) is 4. The summed E-state index contributed by atoms with van der Waals surface area (Å²) < 4.78 is 5.69. The molecule has 1 atom stereocenters. The first-order valence-electron chi connectivity index (χ1n) is 15.0. The van der Waals surface area contributed by atoms with E-state index in [1.807, 2.05) is 42.5 Å². The van der Waals surface area contributed by atoms with E-state index < -0.39 is 0 Å². The first-order valence-corrected chi connectivity index (χ1v) is 15.7. The lowest BCUT2D eigenvalue weighted by molar-refractivity contribution is -0.119. The molecule has 6 nitrogen and oxygen atoms in total. The van der Waals surface area contributed by atoms with Gasteiger partial charge in [0.05, 0.1) is 22.8 Å². The van der Waals surface area contributed by atoms with Gasteiger partial charge in [0.25, 0.3) is 0 Å². The molecule has 226 valence electrons. The maximum absolute atomic E-state index is 11.5. The lowest BCUT2D eigenvalue weighted by atomic mass is 9.96. The number of H-pyrrole nitrogens is 1. The summed E-state index contributed by atoms with van der Waals surface area (Å²) in [6.07, 6.45) is 4.25. The van der Waals surface area contributed by atoms with Gasteiger partial charge in [-0.1, -0.05) is 77.8 Å². The van der Waals surface area contributed by atoms with Crippen LogP contribution in [0.4, 0.5) is 0 Å². The van der Waals surface area contributed by atoms with Crippen LogP contribution in [0.3, 0.4) is 0 Å². The van der Waals surface area contributed by atoms with Gasteiger partial charge in [-0.15, -0.1) is 0 Å². The van der Waals surface area contributed by atoms with Crippen molar-refractivity contribution >= 4 is 40.0 Å². The van der Waals surface area contributed by atoms with Gasteiger partial charge >= 0.3 is 0 Å².